The van der Waals surface area contributed by atoms with E-state index in [4.69, 9.17) is 10.5 Å². The summed E-state index contributed by atoms with van der Waals surface area (Å²) in [5.41, 5.74) is 7.94. The maximum atomic E-state index is 6.25. The average Bonchev–Trinajstić information content (AvgIpc) is 2.93. The highest BCUT2D eigenvalue weighted by atomic mass is 16.5. The first-order valence-corrected chi connectivity index (χ1v) is 7.76. The molecule has 1 aromatic rings. The van der Waals surface area contributed by atoms with E-state index in [0.717, 1.165) is 18.6 Å². The summed E-state index contributed by atoms with van der Waals surface area (Å²) in [5.74, 6) is 1.02. The lowest BCUT2D eigenvalue weighted by Crippen LogP contribution is -2.62. The Kier molecular flexibility index (Phi) is 3.53. The van der Waals surface area contributed by atoms with E-state index in [2.05, 4.69) is 31.2 Å². The largest absolute Gasteiger partial charge is 0.490 e. The van der Waals surface area contributed by atoms with Crippen molar-refractivity contribution in [3.63, 3.8) is 0 Å². The van der Waals surface area contributed by atoms with Gasteiger partial charge in [-0.15, -0.1) is 0 Å². The number of hydrogen-bond acceptors (Lipinski definition) is 2. The molecule has 19 heavy (non-hydrogen) atoms. The highest BCUT2D eigenvalue weighted by molar-refractivity contribution is 5.28. The van der Waals surface area contributed by atoms with Crippen molar-refractivity contribution in [2.75, 3.05) is 0 Å². The third kappa shape index (κ3) is 2.27. The smallest absolute Gasteiger partial charge is 0.119 e. The van der Waals surface area contributed by atoms with Crippen molar-refractivity contribution >= 4 is 0 Å². The van der Waals surface area contributed by atoms with Crippen LogP contribution in [0.15, 0.2) is 24.3 Å². The zero-order valence-corrected chi connectivity index (χ0v) is 11.9. The molecule has 1 spiro atoms. The maximum Gasteiger partial charge on any atom is 0.119 e. The number of hydrogen-bond donors (Lipinski definition) is 1. The van der Waals surface area contributed by atoms with Gasteiger partial charge in [0.05, 0.1) is 0 Å². The minimum Gasteiger partial charge on any atom is -0.490 e. The molecule has 2 aliphatic carbocycles. The zero-order valence-electron chi connectivity index (χ0n) is 11.9. The van der Waals surface area contributed by atoms with Crippen LogP contribution >= 0.6 is 0 Å². The third-order valence-corrected chi connectivity index (χ3v) is 5.12. The second-order valence-electron chi connectivity index (χ2n) is 6.28. The van der Waals surface area contributed by atoms with E-state index in [1.807, 2.05) is 0 Å². The molecule has 0 saturated heterocycles. The second kappa shape index (κ2) is 5.16. The molecule has 0 aromatic heterocycles. The first-order valence-electron chi connectivity index (χ1n) is 7.76. The van der Waals surface area contributed by atoms with Crippen LogP contribution in [0, 0.1) is 5.41 Å². The second-order valence-corrected chi connectivity index (χ2v) is 6.28. The average molecular weight is 259 g/mol. The molecule has 2 nitrogen and oxygen atoms in total. The molecule has 2 heteroatoms. The van der Waals surface area contributed by atoms with E-state index in [-0.39, 0.29) is 0 Å². The molecule has 0 heterocycles. The number of rotatable bonds is 4. The lowest BCUT2D eigenvalue weighted by Gasteiger charge is -2.52. The van der Waals surface area contributed by atoms with Crippen LogP contribution in [-0.2, 0) is 6.42 Å². The zero-order chi connectivity index (χ0) is 13.3. The van der Waals surface area contributed by atoms with Crippen molar-refractivity contribution in [3.8, 4) is 5.75 Å². The first-order chi connectivity index (χ1) is 9.24. The van der Waals surface area contributed by atoms with E-state index in [0.29, 0.717) is 17.6 Å². The minimum absolute atomic E-state index is 0.294. The SMILES string of the molecule is CCCc1ccc(OC2CC(N)C23CCCC3)cc1. The van der Waals surface area contributed by atoms with Crippen LogP contribution in [0.4, 0.5) is 0 Å². The highest BCUT2D eigenvalue weighted by Crippen LogP contribution is 2.53. The topological polar surface area (TPSA) is 35.2 Å². The van der Waals surface area contributed by atoms with Gasteiger partial charge in [-0.3, -0.25) is 0 Å². The lowest BCUT2D eigenvalue weighted by molar-refractivity contribution is -0.0620. The Hall–Kier alpha value is -1.02. The minimum atomic E-state index is 0.294. The lowest BCUT2D eigenvalue weighted by atomic mass is 9.61. The van der Waals surface area contributed by atoms with E-state index in [1.165, 1.54) is 37.7 Å². The van der Waals surface area contributed by atoms with Crippen molar-refractivity contribution in [1.29, 1.82) is 0 Å². The molecular formula is C17H25NO. The summed E-state index contributed by atoms with van der Waals surface area (Å²) in [6, 6.07) is 8.99. The summed E-state index contributed by atoms with van der Waals surface area (Å²) in [4.78, 5) is 0. The molecule has 1 aromatic carbocycles. The van der Waals surface area contributed by atoms with Crippen molar-refractivity contribution in [3.05, 3.63) is 29.8 Å². The van der Waals surface area contributed by atoms with Gasteiger partial charge < -0.3 is 10.5 Å². The van der Waals surface area contributed by atoms with Crippen molar-refractivity contribution < 1.29 is 4.74 Å². The predicted octanol–water partition coefficient (Wildman–Crippen LogP) is 3.68. The molecule has 0 radical (unpaired) electrons. The summed E-state index contributed by atoms with van der Waals surface area (Å²) in [5, 5.41) is 0. The molecule has 0 aliphatic heterocycles. The van der Waals surface area contributed by atoms with E-state index in [9.17, 15) is 0 Å². The van der Waals surface area contributed by atoms with Crippen molar-refractivity contribution in [2.45, 2.75) is 64.0 Å². The first kappa shape index (κ1) is 13.0. The van der Waals surface area contributed by atoms with Gasteiger partial charge in [-0.2, -0.15) is 0 Å². The maximum absolute atomic E-state index is 6.25. The van der Waals surface area contributed by atoms with Crippen LogP contribution in [0.25, 0.3) is 0 Å². The number of aryl methyl sites for hydroxylation is 1. The molecule has 3 rings (SSSR count). The van der Waals surface area contributed by atoms with Crippen LogP contribution in [0.3, 0.4) is 0 Å². The fraction of sp³-hybridized carbons (Fsp3) is 0.647. The molecule has 2 aliphatic rings. The Bertz CT molecular complexity index is 419. The molecule has 2 fully saturated rings. The van der Waals surface area contributed by atoms with Crippen LogP contribution < -0.4 is 10.5 Å². The van der Waals surface area contributed by atoms with Gasteiger partial charge in [0.25, 0.3) is 0 Å². The molecule has 2 saturated carbocycles. The van der Waals surface area contributed by atoms with Crippen LogP contribution in [-0.4, -0.2) is 12.1 Å². The van der Waals surface area contributed by atoms with E-state index >= 15 is 0 Å². The summed E-state index contributed by atoms with van der Waals surface area (Å²) >= 11 is 0. The third-order valence-electron chi connectivity index (χ3n) is 5.12. The van der Waals surface area contributed by atoms with Crippen LogP contribution in [0.5, 0.6) is 5.75 Å². The van der Waals surface area contributed by atoms with Gasteiger partial charge in [0.1, 0.15) is 11.9 Å². The summed E-state index contributed by atoms with van der Waals surface area (Å²) in [6.45, 7) is 2.21. The van der Waals surface area contributed by atoms with Gasteiger partial charge in [-0.25, -0.2) is 0 Å². The standard InChI is InChI=1S/C17H25NO/c1-2-5-13-6-8-14(9-7-13)19-16-12-15(18)17(16)10-3-4-11-17/h6-9,15-16H,2-5,10-12,18H2,1H3. The van der Waals surface area contributed by atoms with Crippen LogP contribution in [0.1, 0.15) is 51.0 Å². The monoisotopic (exact) mass is 259 g/mol. The Balaban J connectivity index is 1.65. The normalized spacial score (nSPS) is 28.3. The molecule has 2 N–H and O–H groups in total. The molecule has 0 bridgehead atoms. The molecule has 2 unspecified atom stereocenters. The number of nitrogens with two attached hydrogens (primary N) is 1. The van der Waals surface area contributed by atoms with Gasteiger partial charge in [0.15, 0.2) is 0 Å². The summed E-state index contributed by atoms with van der Waals surface area (Å²) < 4.78 is 6.21. The van der Waals surface area contributed by atoms with Gasteiger partial charge in [-0.05, 0) is 37.0 Å². The van der Waals surface area contributed by atoms with Crippen molar-refractivity contribution in [2.24, 2.45) is 11.1 Å². The predicted molar refractivity (Wildman–Crippen MR) is 78.3 cm³/mol. The number of ether oxygens (including phenoxy) is 1. The Morgan fingerprint density at radius 2 is 1.89 bits per heavy atom. The van der Waals surface area contributed by atoms with Gasteiger partial charge >= 0.3 is 0 Å². The summed E-state index contributed by atoms with van der Waals surface area (Å²) in [6.07, 6.45) is 8.88. The van der Waals surface area contributed by atoms with Gasteiger partial charge in [-0.1, -0.05) is 38.3 Å². The van der Waals surface area contributed by atoms with E-state index < -0.39 is 0 Å². The molecular weight excluding hydrogens is 234 g/mol. The fourth-order valence-electron chi connectivity index (χ4n) is 3.86. The number of benzene rings is 1. The van der Waals surface area contributed by atoms with Crippen LogP contribution in [0.2, 0.25) is 0 Å². The highest BCUT2D eigenvalue weighted by Gasteiger charge is 2.55. The Morgan fingerprint density at radius 1 is 1.21 bits per heavy atom. The van der Waals surface area contributed by atoms with Crippen molar-refractivity contribution in [1.82, 2.24) is 0 Å². The Labute approximate surface area is 116 Å². The summed E-state index contributed by atoms with van der Waals surface area (Å²) in [7, 11) is 0. The Morgan fingerprint density at radius 3 is 2.47 bits per heavy atom. The van der Waals surface area contributed by atoms with E-state index in [1.54, 1.807) is 0 Å². The fourth-order valence-corrected chi connectivity index (χ4v) is 3.86. The van der Waals surface area contributed by atoms with Gasteiger partial charge in [0, 0.05) is 17.9 Å². The molecule has 104 valence electrons. The molecule has 2 atom stereocenters. The molecule has 0 amide bonds. The van der Waals surface area contributed by atoms with Gasteiger partial charge in [0.2, 0.25) is 0 Å². The quantitative estimate of drug-likeness (QED) is 0.895.